The van der Waals surface area contributed by atoms with Crippen LogP contribution in [-0.4, -0.2) is 57.6 Å². The van der Waals surface area contributed by atoms with Crippen LogP contribution >= 0.6 is 11.6 Å². The molecule has 0 aliphatic carbocycles. The molecule has 0 saturated carbocycles. The highest BCUT2D eigenvalue weighted by Gasteiger charge is 2.32. The third-order valence-corrected chi connectivity index (χ3v) is 6.49. The molecule has 3 aromatic rings. The van der Waals surface area contributed by atoms with E-state index in [1.54, 1.807) is 11.1 Å². The van der Waals surface area contributed by atoms with Crippen molar-refractivity contribution in [1.29, 1.82) is 0 Å². The van der Waals surface area contributed by atoms with Gasteiger partial charge in [-0.05, 0) is 55.7 Å². The molecular formula is C25H25ClF3N3O5. The van der Waals surface area contributed by atoms with Gasteiger partial charge in [-0.15, -0.1) is 13.2 Å². The summed E-state index contributed by atoms with van der Waals surface area (Å²) >= 11 is 6.05. The Bertz CT molecular complexity index is 1340. The van der Waals surface area contributed by atoms with Crippen LogP contribution in [-0.2, 0) is 33.8 Å². The van der Waals surface area contributed by atoms with Crippen LogP contribution in [0, 0.1) is 5.41 Å². The Hall–Kier alpha value is -3.31. The number of halogens is 4. The van der Waals surface area contributed by atoms with Gasteiger partial charge in [-0.2, -0.15) is 0 Å². The fourth-order valence-corrected chi connectivity index (χ4v) is 4.46. The lowest BCUT2D eigenvalue weighted by Crippen LogP contribution is -2.40. The van der Waals surface area contributed by atoms with Gasteiger partial charge < -0.3 is 24.0 Å². The molecule has 0 bridgehead atoms. The van der Waals surface area contributed by atoms with E-state index in [4.69, 9.17) is 16.3 Å². The van der Waals surface area contributed by atoms with Crippen LogP contribution < -0.4 is 4.74 Å². The van der Waals surface area contributed by atoms with Crippen LogP contribution in [0.3, 0.4) is 0 Å². The Morgan fingerprint density at radius 2 is 1.97 bits per heavy atom. The van der Waals surface area contributed by atoms with Gasteiger partial charge in [0.1, 0.15) is 18.0 Å². The molecule has 2 aromatic heterocycles. The molecule has 1 aromatic carbocycles. The lowest BCUT2D eigenvalue weighted by atomic mass is 9.95. The van der Waals surface area contributed by atoms with Gasteiger partial charge in [-0.25, -0.2) is 4.98 Å². The summed E-state index contributed by atoms with van der Waals surface area (Å²) < 4.78 is 49.1. The van der Waals surface area contributed by atoms with Crippen molar-refractivity contribution in [1.82, 2.24) is 14.5 Å². The maximum Gasteiger partial charge on any atom is 0.573 e. The molecule has 0 saturated heterocycles. The predicted molar refractivity (Wildman–Crippen MR) is 128 cm³/mol. The number of amides is 1. The number of hydrogen-bond acceptors (Lipinski definition) is 5. The molecule has 0 fully saturated rings. The van der Waals surface area contributed by atoms with Crippen LogP contribution in [0.2, 0.25) is 5.02 Å². The number of carboxylic acid groups (broad SMARTS) is 1. The number of carboxylic acids is 1. The number of alkyl halides is 3. The minimum absolute atomic E-state index is 0.105. The lowest BCUT2D eigenvalue weighted by molar-refractivity contribution is -0.274. The van der Waals surface area contributed by atoms with Crippen molar-refractivity contribution in [3.8, 4) is 5.75 Å². The van der Waals surface area contributed by atoms with Crippen molar-refractivity contribution in [2.75, 3.05) is 19.8 Å². The van der Waals surface area contributed by atoms with Crippen LogP contribution in [0.15, 0.2) is 36.5 Å². The van der Waals surface area contributed by atoms with Gasteiger partial charge in [0.15, 0.2) is 0 Å². The molecule has 3 heterocycles. The van der Waals surface area contributed by atoms with Crippen LogP contribution in [0.25, 0.3) is 11.0 Å². The van der Waals surface area contributed by atoms with Gasteiger partial charge in [0.25, 0.3) is 0 Å². The normalized spacial score (nSPS) is 14.1. The van der Waals surface area contributed by atoms with E-state index in [-0.39, 0.29) is 37.2 Å². The maximum absolute atomic E-state index is 12.9. The Morgan fingerprint density at radius 1 is 1.22 bits per heavy atom. The van der Waals surface area contributed by atoms with Crippen molar-refractivity contribution in [2.45, 2.75) is 39.7 Å². The Labute approximate surface area is 215 Å². The van der Waals surface area contributed by atoms with E-state index < -0.39 is 23.5 Å². The third kappa shape index (κ3) is 5.99. The fraction of sp³-hybridized carbons (Fsp3) is 0.400. The van der Waals surface area contributed by atoms with E-state index in [0.29, 0.717) is 24.2 Å². The minimum Gasteiger partial charge on any atom is -0.481 e. The van der Waals surface area contributed by atoms with Crippen LogP contribution in [0.1, 0.15) is 30.7 Å². The second kappa shape index (κ2) is 10.2. The molecule has 8 nitrogen and oxygen atoms in total. The molecule has 1 aliphatic rings. The second-order valence-corrected chi connectivity index (χ2v) is 9.85. The highest BCUT2D eigenvalue weighted by molar-refractivity contribution is 6.32. The largest absolute Gasteiger partial charge is 0.573 e. The van der Waals surface area contributed by atoms with Crippen molar-refractivity contribution in [3.05, 3.63) is 58.4 Å². The van der Waals surface area contributed by atoms with Gasteiger partial charge in [-0.1, -0.05) is 17.7 Å². The first-order valence-corrected chi connectivity index (χ1v) is 11.8. The van der Waals surface area contributed by atoms with Crippen molar-refractivity contribution >= 4 is 34.5 Å². The summed E-state index contributed by atoms with van der Waals surface area (Å²) in [6, 6.07) is 7.84. The molecule has 0 atom stereocenters. The summed E-state index contributed by atoms with van der Waals surface area (Å²) in [6.07, 6.45) is -2.62. The van der Waals surface area contributed by atoms with E-state index in [2.05, 4.69) is 9.72 Å². The van der Waals surface area contributed by atoms with E-state index in [1.807, 2.05) is 16.7 Å². The quantitative estimate of drug-likeness (QED) is 0.448. The summed E-state index contributed by atoms with van der Waals surface area (Å²) in [7, 11) is 0. The molecular weight excluding hydrogens is 515 g/mol. The number of ether oxygens (including phenoxy) is 2. The summed E-state index contributed by atoms with van der Waals surface area (Å²) in [5, 5.41) is 9.98. The van der Waals surface area contributed by atoms with Gasteiger partial charge in [-0.3, -0.25) is 9.59 Å². The Kier molecular flexibility index (Phi) is 7.38. The van der Waals surface area contributed by atoms with Crippen molar-refractivity contribution in [3.63, 3.8) is 0 Å². The van der Waals surface area contributed by atoms with E-state index >= 15 is 0 Å². The fourth-order valence-electron chi connectivity index (χ4n) is 4.22. The number of fused-ring (bicyclic) bond motifs is 3. The van der Waals surface area contributed by atoms with Gasteiger partial charge in [0.05, 0.1) is 23.6 Å². The molecule has 4 rings (SSSR count). The highest BCUT2D eigenvalue weighted by atomic mass is 35.5. The lowest BCUT2D eigenvalue weighted by Gasteiger charge is -2.29. The first kappa shape index (κ1) is 26.7. The standard InChI is InChI=1S/C25H25ClF3N3O5/c1-24(2,23(34)35)14-36-13-21(33)31-9-7-16-17-4-3-8-30-22(17)32(19(16)12-31)11-15-5-6-20(18(26)10-15)37-25(27,28)29/h3-6,8,10H,7,9,11-14H2,1-2H3,(H,34,35). The number of carbonyl (C=O) groups excluding carboxylic acids is 1. The number of carbonyl (C=O) groups is 2. The van der Waals surface area contributed by atoms with E-state index in [0.717, 1.165) is 16.6 Å². The minimum atomic E-state index is -4.85. The topological polar surface area (TPSA) is 93.9 Å². The molecule has 0 spiro atoms. The molecule has 12 heteroatoms. The van der Waals surface area contributed by atoms with Crippen molar-refractivity contribution < 1.29 is 37.3 Å². The number of hydrogen-bond donors (Lipinski definition) is 1. The summed E-state index contributed by atoms with van der Waals surface area (Å²) in [6.45, 7) is 3.69. The zero-order valence-electron chi connectivity index (χ0n) is 20.1. The van der Waals surface area contributed by atoms with Crippen molar-refractivity contribution in [2.24, 2.45) is 5.41 Å². The molecule has 0 unspecified atom stereocenters. The summed E-state index contributed by atoms with van der Waals surface area (Å²) in [5.74, 6) is -1.77. The number of pyridine rings is 1. The predicted octanol–water partition coefficient (Wildman–Crippen LogP) is 4.65. The summed E-state index contributed by atoms with van der Waals surface area (Å²) in [4.78, 5) is 30.3. The van der Waals surface area contributed by atoms with Gasteiger partial charge in [0, 0.05) is 30.4 Å². The van der Waals surface area contributed by atoms with E-state index in [9.17, 15) is 27.9 Å². The average Bonchev–Trinajstić information content (AvgIpc) is 3.13. The highest BCUT2D eigenvalue weighted by Crippen LogP contribution is 2.33. The molecule has 1 N–H and O–H groups in total. The zero-order valence-corrected chi connectivity index (χ0v) is 20.9. The molecule has 1 amide bonds. The van der Waals surface area contributed by atoms with Gasteiger partial charge in [0.2, 0.25) is 5.91 Å². The first-order chi connectivity index (χ1) is 17.4. The van der Waals surface area contributed by atoms with Crippen LogP contribution in [0.4, 0.5) is 13.2 Å². The van der Waals surface area contributed by atoms with Crippen LogP contribution in [0.5, 0.6) is 5.75 Å². The molecule has 0 radical (unpaired) electrons. The average molecular weight is 540 g/mol. The third-order valence-electron chi connectivity index (χ3n) is 6.20. The Balaban J connectivity index is 1.56. The number of nitrogens with zero attached hydrogens (tertiary/aromatic N) is 3. The maximum atomic E-state index is 12.9. The Morgan fingerprint density at radius 3 is 2.65 bits per heavy atom. The number of benzene rings is 1. The second-order valence-electron chi connectivity index (χ2n) is 9.45. The zero-order chi connectivity index (χ0) is 27.0. The molecule has 198 valence electrons. The number of aliphatic carboxylic acids is 1. The molecule has 1 aliphatic heterocycles. The first-order valence-electron chi connectivity index (χ1n) is 11.4. The monoisotopic (exact) mass is 539 g/mol. The van der Waals surface area contributed by atoms with Gasteiger partial charge >= 0.3 is 12.3 Å². The smallest absolute Gasteiger partial charge is 0.481 e. The van der Waals surface area contributed by atoms with E-state index in [1.165, 1.54) is 32.0 Å². The SMILES string of the molecule is CC(C)(COCC(=O)N1CCc2c(n(Cc3ccc(OC(F)(F)F)c(Cl)c3)c3ncccc23)C1)C(=O)O. The number of rotatable bonds is 8. The summed E-state index contributed by atoms with van der Waals surface area (Å²) in [5.41, 5.74) is 2.10. The molecule has 37 heavy (non-hydrogen) atoms. The number of aromatic nitrogens is 2.